The van der Waals surface area contributed by atoms with Crippen LogP contribution in [0.4, 0.5) is 0 Å². The highest BCUT2D eigenvalue weighted by molar-refractivity contribution is 8.05. The molecular formula is C2H6O6S2. The Labute approximate surface area is 63.8 Å². The summed E-state index contributed by atoms with van der Waals surface area (Å²) in [5.41, 5.74) is 0. The van der Waals surface area contributed by atoms with E-state index < -0.39 is 17.9 Å². The van der Waals surface area contributed by atoms with Gasteiger partial charge in [0, 0.05) is 12.0 Å². The van der Waals surface area contributed by atoms with Crippen molar-refractivity contribution in [3.05, 3.63) is 0 Å². The number of rotatable bonds is 6. The van der Waals surface area contributed by atoms with Crippen LogP contribution in [0.15, 0.2) is 0 Å². The molecule has 0 aromatic rings. The Hall–Kier alpha value is 0.300. The zero-order chi connectivity index (χ0) is 7.82. The molecule has 0 aliphatic carbocycles. The topological polar surface area (TPSA) is 85.2 Å². The molecule has 6 nitrogen and oxygen atoms in total. The van der Waals surface area contributed by atoms with Gasteiger partial charge in [-0.3, -0.25) is 0 Å². The molecule has 0 amide bonds. The molecule has 62 valence electrons. The minimum atomic E-state index is -1.92. The van der Waals surface area contributed by atoms with E-state index in [9.17, 15) is 4.21 Å². The van der Waals surface area contributed by atoms with Gasteiger partial charge in [-0.05, 0) is 0 Å². The SMILES string of the molecule is O=S(O)CSOOCOO. The Balaban J connectivity index is 2.84. The Morgan fingerprint density at radius 2 is 2.30 bits per heavy atom. The average molecular weight is 190 g/mol. The average Bonchev–Trinajstić information content (AvgIpc) is 1.87. The van der Waals surface area contributed by atoms with Gasteiger partial charge in [-0.2, -0.15) is 9.22 Å². The summed E-state index contributed by atoms with van der Waals surface area (Å²) in [5.74, 6) is 0. The molecule has 10 heavy (non-hydrogen) atoms. The molecule has 0 aromatic heterocycles. The van der Waals surface area contributed by atoms with Crippen LogP contribution in [-0.2, 0) is 25.2 Å². The summed E-state index contributed by atoms with van der Waals surface area (Å²) in [6, 6.07) is 0. The minimum Gasteiger partial charge on any atom is -0.305 e. The monoisotopic (exact) mass is 190 g/mol. The highest BCUT2D eigenvalue weighted by Crippen LogP contribution is 2.03. The Bertz CT molecular complexity index is 95.7. The second-order valence-electron chi connectivity index (χ2n) is 0.990. The summed E-state index contributed by atoms with van der Waals surface area (Å²) in [6.45, 7) is -0.439. The minimum absolute atomic E-state index is 0.120. The molecule has 1 unspecified atom stereocenters. The molecule has 0 heterocycles. The first-order chi connectivity index (χ1) is 4.77. The maximum absolute atomic E-state index is 9.91. The summed E-state index contributed by atoms with van der Waals surface area (Å²) >= 11 is -1.28. The van der Waals surface area contributed by atoms with E-state index in [-0.39, 0.29) is 5.08 Å². The third kappa shape index (κ3) is 8.30. The van der Waals surface area contributed by atoms with Crippen LogP contribution in [0.1, 0.15) is 0 Å². The van der Waals surface area contributed by atoms with Gasteiger partial charge in [0.05, 0.1) is 0 Å². The first-order valence-electron chi connectivity index (χ1n) is 2.02. The molecular weight excluding hydrogens is 184 g/mol. The molecule has 2 N–H and O–H groups in total. The Morgan fingerprint density at radius 1 is 1.60 bits per heavy atom. The van der Waals surface area contributed by atoms with Gasteiger partial charge in [0.2, 0.25) is 6.79 Å². The Morgan fingerprint density at radius 3 is 2.80 bits per heavy atom. The maximum atomic E-state index is 9.91. The summed E-state index contributed by atoms with van der Waals surface area (Å²) in [5, 5.41) is 7.53. The van der Waals surface area contributed by atoms with Gasteiger partial charge in [-0.1, -0.05) is 0 Å². The standard InChI is InChI=1S/C2H6O6S2/c3-6-1-7-8-9-2-10(4)5/h3H,1-2H2,(H,4,5). The molecule has 0 saturated heterocycles. The maximum Gasteiger partial charge on any atom is 0.215 e. The smallest absolute Gasteiger partial charge is 0.215 e. The van der Waals surface area contributed by atoms with Crippen LogP contribution in [0.3, 0.4) is 0 Å². The molecule has 0 aliphatic rings. The second-order valence-corrected chi connectivity index (χ2v) is 2.95. The van der Waals surface area contributed by atoms with Crippen molar-refractivity contribution in [2.24, 2.45) is 0 Å². The van der Waals surface area contributed by atoms with Gasteiger partial charge >= 0.3 is 0 Å². The zero-order valence-corrected chi connectivity index (χ0v) is 6.39. The molecule has 0 rings (SSSR count). The zero-order valence-electron chi connectivity index (χ0n) is 4.76. The molecule has 1 atom stereocenters. The normalized spacial score (nSPS) is 13.4. The quantitative estimate of drug-likeness (QED) is 0.155. The first-order valence-corrected chi connectivity index (χ1v) is 4.21. The first kappa shape index (κ1) is 10.3. The van der Waals surface area contributed by atoms with Crippen molar-refractivity contribution in [2.45, 2.75) is 0 Å². The third-order valence-corrected chi connectivity index (χ3v) is 1.73. The molecule has 0 aromatic carbocycles. The lowest BCUT2D eigenvalue weighted by atomic mass is 11.5. The predicted octanol–water partition coefficient (Wildman–Crippen LogP) is 0.209. The van der Waals surface area contributed by atoms with Gasteiger partial charge in [0.25, 0.3) is 0 Å². The van der Waals surface area contributed by atoms with Gasteiger partial charge < -0.3 is 4.55 Å². The van der Waals surface area contributed by atoms with Gasteiger partial charge in [0.15, 0.2) is 11.1 Å². The van der Waals surface area contributed by atoms with E-state index in [1.54, 1.807) is 0 Å². The highest BCUT2D eigenvalue weighted by atomic mass is 32.2. The van der Waals surface area contributed by atoms with Crippen molar-refractivity contribution in [3.8, 4) is 0 Å². The highest BCUT2D eigenvalue weighted by Gasteiger charge is 1.94. The fourth-order valence-corrected chi connectivity index (χ4v) is 0.730. The van der Waals surface area contributed by atoms with Crippen molar-refractivity contribution in [1.82, 2.24) is 0 Å². The summed E-state index contributed by atoms with van der Waals surface area (Å²) in [6.07, 6.45) is 0. The van der Waals surface area contributed by atoms with E-state index in [4.69, 9.17) is 9.81 Å². The van der Waals surface area contributed by atoms with Crippen molar-refractivity contribution in [1.29, 1.82) is 0 Å². The molecule has 0 radical (unpaired) electrons. The second kappa shape index (κ2) is 7.41. The molecule has 0 saturated carbocycles. The number of hydrogen-bond acceptors (Lipinski definition) is 6. The lowest BCUT2D eigenvalue weighted by Gasteiger charge is -1.96. The lowest BCUT2D eigenvalue weighted by Crippen LogP contribution is -1.96. The summed E-state index contributed by atoms with van der Waals surface area (Å²) < 4.78 is 22.2. The molecule has 0 spiro atoms. The van der Waals surface area contributed by atoms with E-state index in [1.807, 2.05) is 0 Å². The molecule has 8 heteroatoms. The molecule has 0 fully saturated rings. The van der Waals surface area contributed by atoms with Gasteiger partial charge in [0.1, 0.15) is 5.08 Å². The van der Waals surface area contributed by atoms with Crippen molar-refractivity contribution in [2.75, 3.05) is 11.9 Å². The Kier molecular flexibility index (Phi) is 7.63. The van der Waals surface area contributed by atoms with Crippen LogP contribution >= 0.6 is 12.0 Å². The van der Waals surface area contributed by atoms with E-state index in [0.29, 0.717) is 12.0 Å². The van der Waals surface area contributed by atoms with Gasteiger partial charge in [-0.15, -0.1) is 0 Å². The molecule has 0 aliphatic heterocycles. The molecule has 0 bridgehead atoms. The van der Waals surface area contributed by atoms with Crippen LogP contribution in [0, 0.1) is 0 Å². The van der Waals surface area contributed by atoms with E-state index in [1.165, 1.54) is 0 Å². The van der Waals surface area contributed by atoms with Crippen LogP contribution in [0.25, 0.3) is 0 Å². The summed E-state index contributed by atoms with van der Waals surface area (Å²) in [4.78, 5) is 7.53. The van der Waals surface area contributed by atoms with Crippen molar-refractivity contribution >= 4 is 23.1 Å². The van der Waals surface area contributed by atoms with Crippen LogP contribution in [-0.4, -0.2) is 25.9 Å². The third-order valence-electron chi connectivity index (χ3n) is 0.346. The predicted molar refractivity (Wildman–Crippen MR) is 34.0 cm³/mol. The lowest BCUT2D eigenvalue weighted by molar-refractivity contribution is -0.361. The largest absolute Gasteiger partial charge is 0.305 e. The van der Waals surface area contributed by atoms with Crippen LogP contribution < -0.4 is 0 Å². The van der Waals surface area contributed by atoms with Crippen molar-refractivity contribution in [3.63, 3.8) is 0 Å². The van der Waals surface area contributed by atoms with Crippen molar-refractivity contribution < 1.29 is 28.1 Å². The van der Waals surface area contributed by atoms with E-state index >= 15 is 0 Å². The van der Waals surface area contributed by atoms with Gasteiger partial charge in [-0.25, -0.2) is 14.4 Å². The summed E-state index contributed by atoms with van der Waals surface area (Å²) in [7, 11) is 0. The van der Waals surface area contributed by atoms with E-state index in [0.717, 1.165) is 0 Å². The van der Waals surface area contributed by atoms with Crippen LogP contribution in [0.2, 0.25) is 0 Å². The van der Waals surface area contributed by atoms with E-state index in [2.05, 4.69) is 14.1 Å². The fraction of sp³-hybridized carbons (Fsp3) is 1.00. The fourth-order valence-electron chi connectivity index (χ4n) is 0.136. The van der Waals surface area contributed by atoms with Crippen LogP contribution in [0.5, 0.6) is 0 Å². The number of hydrogen-bond donors (Lipinski definition) is 2.